The lowest BCUT2D eigenvalue weighted by atomic mass is 9.93. The first-order valence-corrected chi connectivity index (χ1v) is 16.9. The minimum absolute atomic E-state index is 0.00453. The number of urea groups is 1. The van der Waals surface area contributed by atoms with Crippen molar-refractivity contribution >= 4 is 48.9 Å². The van der Waals surface area contributed by atoms with Gasteiger partial charge in [0.25, 0.3) is 0 Å². The predicted octanol–water partition coefficient (Wildman–Crippen LogP) is 6.17. The second-order valence-corrected chi connectivity index (χ2v) is 14.0. The summed E-state index contributed by atoms with van der Waals surface area (Å²) in [6, 6.07) is 34.1. The summed E-state index contributed by atoms with van der Waals surface area (Å²) in [5.74, 6) is -0.886. The van der Waals surface area contributed by atoms with Crippen LogP contribution >= 0.6 is 0 Å². The number of amides is 2. The number of Topliss-reactive ketones (excluding diaryl/α,β-unsaturated/α-hetero) is 1. The summed E-state index contributed by atoms with van der Waals surface area (Å²) in [6.45, 7) is 3.37. The van der Waals surface area contributed by atoms with Crippen molar-refractivity contribution in [2.24, 2.45) is 17.4 Å². The Balaban J connectivity index is 1.35. The molecule has 0 aromatic heterocycles. The molecular weight excluding hydrogens is 596 g/mol. The first-order chi connectivity index (χ1) is 22.0. The molecule has 0 bridgehead atoms. The molecule has 0 saturated heterocycles. The second-order valence-electron chi connectivity index (χ2n) is 11.8. The van der Waals surface area contributed by atoms with Gasteiger partial charge in [-0.25, -0.2) is 13.2 Å². The Labute approximate surface area is 270 Å². The van der Waals surface area contributed by atoms with Crippen LogP contribution in [-0.4, -0.2) is 37.7 Å². The van der Waals surface area contributed by atoms with Crippen LogP contribution < -0.4 is 21.7 Å². The highest BCUT2D eigenvalue weighted by molar-refractivity contribution is 7.92. The van der Waals surface area contributed by atoms with E-state index in [1.807, 2.05) is 97.1 Å². The molecule has 0 fully saturated rings. The van der Waals surface area contributed by atoms with Crippen molar-refractivity contribution in [1.82, 2.24) is 5.32 Å². The van der Waals surface area contributed by atoms with Crippen molar-refractivity contribution in [3.8, 4) is 0 Å². The van der Waals surface area contributed by atoms with Crippen molar-refractivity contribution in [2.45, 2.75) is 49.0 Å². The lowest BCUT2D eigenvalue weighted by Crippen LogP contribution is -2.58. The average molecular weight is 637 g/mol. The molecule has 238 valence electrons. The van der Waals surface area contributed by atoms with Crippen molar-refractivity contribution < 1.29 is 18.0 Å². The fraction of sp³-hybridized carbons (Fsp3) is 0.243. The van der Waals surface area contributed by atoms with Gasteiger partial charge < -0.3 is 16.8 Å². The van der Waals surface area contributed by atoms with E-state index in [0.717, 1.165) is 27.1 Å². The van der Waals surface area contributed by atoms with Gasteiger partial charge in [-0.3, -0.25) is 9.69 Å². The minimum Gasteiger partial charge on any atom is -0.334 e. The maximum Gasteiger partial charge on any atom is 0.322 e. The van der Waals surface area contributed by atoms with E-state index in [1.165, 1.54) is 4.90 Å². The van der Waals surface area contributed by atoms with Gasteiger partial charge in [-0.05, 0) is 70.6 Å². The Hall–Kier alpha value is -4.57. The SMILES string of the molecule is CC(CCC(=O)[C@H](C)N(C(=O)NCc1ccccc1)c1ccc2ccccc2c1)C(N)(CN)S(=O)(=O)c1ccc2ccccc2c1. The molecule has 2 unspecified atom stereocenters. The number of carbonyl (C=O) groups is 2. The number of anilines is 1. The zero-order chi connectivity index (χ0) is 32.9. The summed E-state index contributed by atoms with van der Waals surface area (Å²) >= 11 is 0. The minimum atomic E-state index is -4.07. The molecule has 5 aromatic rings. The lowest BCUT2D eigenvalue weighted by Gasteiger charge is -2.34. The summed E-state index contributed by atoms with van der Waals surface area (Å²) in [4.78, 5) is 27.2. The number of nitrogens with one attached hydrogen (secondary N) is 1. The monoisotopic (exact) mass is 636 g/mol. The average Bonchev–Trinajstić information content (AvgIpc) is 3.09. The van der Waals surface area contributed by atoms with E-state index in [4.69, 9.17) is 11.5 Å². The molecule has 0 aliphatic carbocycles. The quantitative estimate of drug-likeness (QED) is 0.150. The third kappa shape index (κ3) is 6.67. The first-order valence-electron chi connectivity index (χ1n) is 15.4. The third-order valence-electron chi connectivity index (χ3n) is 8.88. The smallest absolute Gasteiger partial charge is 0.322 e. The van der Waals surface area contributed by atoms with Crippen LogP contribution in [0.3, 0.4) is 0 Å². The van der Waals surface area contributed by atoms with Gasteiger partial charge in [0.15, 0.2) is 15.6 Å². The van der Waals surface area contributed by atoms with Crippen LogP contribution in [0.25, 0.3) is 21.5 Å². The Morgan fingerprint density at radius 3 is 1.98 bits per heavy atom. The van der Waals surface area contributed by atoms with Gasteiger partial charge in [-0.15, -0.1) is 0 Å². The zero-order valence-corrected chi connectivity index (χ0v) is 26.9. The maximum atomic E-state index is 13.9. The number of carbonyl (C=O) groups excluding carboxylic acids is 2. The summed E-state index contributed by atoms with van der Waals surface area (Å²) in [5, 5.41) is 6.58. The highest BCUT2D eigenvalue weighted by Gasteiger charge is 2.45. The summed E-state index contributed by atoms with van der Waals surface area (Å²) < 4.78 is 27.8. The summed E-state index contributed by atoms with van der Waals surface area (Å²) in [6.07, 6.45) is 0.172. The molecule has 5 N–H and O–H groups in total. The molecule has 46 heavy (non-hydrogen) atoms. The summed E-state index contributed by atoms with van der Waals surface area (Å²) in [7, 11) is -4.07. The van der Waals surface area contributed by atoms with Gasteiger partial charge >= 0.3 is 6.03 Å². The molecule has 0 aliphatic heterocycles. The largest absolute Gasteiger partial charge is 0.334 e. The Morgan fingerprint density at radius 1 is 0.783 bits per heavy atom. The molecule has 0 saturated carbocycles. The van der Waals surface area contributed by atoms with Gasteiger partial charge in [0.2, 0.25) is 0 Å². The van der Waals surface area contributed by atoms with E-state index in [9.17, 15) is 18.0 Å². The molecule has 0 radical (unpaired) electrons. The van der Waals surface area contributed by atoms with Crippen molar-refractivity contribution in [3.05, 3.63) is 121 Å². The topological polar surface area (TPSA) is 136 Å². The van der Waals surface area contributed by atoms with Gasteiger partial charge in [0, 0.05) is 25.2 Å². The van der Waals surface area contributed by atoms with Crippen LogP contribution in [0.1, 0.15) is 32.3 Å². The van der Waals surface area contributed by atoms with Crippen LogP contribution in [0.5, 0.6) is 0 Å². The fourth-order valence-corrected chi connectivity index (χ4v) is 7.62. The van der Waals surface area contributed by atoms with E-state index < -0.39 is 32.7 Å². The van der Waals surface area contributed by atoms with Crippen LogP contribution in [0, 0.1) is 5.92 Å². The van der Waals surface area contributed by atoms with Crippen LogP contribution in [0.2, 0.25) is 0 Å². The highest BCUT2D eigenvalue weighted by atomic mass is 32.2. The van der Waals surface area contributed by atoms with Crippen molar-refractivity contribution in [3.63, 3.8) is 0 Å². The number of sulfone groups is 1. The number of rotatable bonds is 12. The number of benzene rings is 5. The fourth-order valence-electron chi connectivity index (χ4n) is 5.79. The molecular formula is C37H40N4O4S. The molecule has 0 heterocycles. The molecule has 3 atom stereocenters. The third-order valence-corrected chi connectivity index (χ3v) is 11.3. The van der Waals surface area contributed by atoms with Crippen LogP contribution in [0.15, 0.2) is 120 Å². The zero-order valence-electron chi connectivity index (χ0n) is 26.1. The van der Waals surface area contributed by atoms with Crippen LogP contribution in [0.4, 0.5) is 10.5 Å². The van der Waals surface area contributed by atoms with Gasteiger partial charge in [0.1, 0.15) is 4.87 Å². The highest BCUT2D eigenvalue weighted by Crippen LogP contribution is 2.33. The number of fused-ring (bicyclic) bond motifs is 2. The van der Waals surface area contributed by atoms with Gasteiger partial charge in [0.05, 0.1) is 10.9 Å². The number of hydrogen-bond donors (Lipinski definition) is 3. The molecule has 2 amide bonds. The van der Waals surface area contributed by atoms with Crippen LogP contribution in [-0.2, 0) is 21.2 Å². The molecule has 5 rings (SSSR count). The Morgan fingerprint density at radius 2 is 1.35 bits per heavy atom. The molecule has 8 nitrogen and oxygen atoms in total. The summed E-state index contributed by atoms with van der Waals surface area (Å²) in [5.41, 5.74) is 14.2. The second kappa shape index (κ2) is 13.8. The van der Waals surface area contributed by atoms with Crippen molar-refractivity contribution in [2.75, 3.05) is 11.4 Å². The number of nitrogens with two attached hydrogens (primary N) is 2. The van der Waals surface area contributed by atoms with E-state index in [0.29, 0.717) is 12.2 Å². The van der Waals surface area contributed by atoms with Crippen molar-refractivity contribution in [1.29, 1.82) is 0 Å². The van der Waals surface area contributed by atoms with Gasteiger partial charge in [-0.1, -0.05) is 97.9 Å². The van der Waals surface area contributed by atoms with Gasteiger partial charge in [-0.2, -0.15) is 0 Å². The standard InChI is InChI=1S/C37H40N4O4S/c1-26(37(39,25-38)46(44,45)34-20-18-30-13-7-9-15-32(30)23-34)16-21-35(42)27(2)41(36(43)40-24-28-10-4-3-5-11-28)33-19-17-29-12-6-8-14-31(29)22-33/h3-15,17-20,22-23,26-27H,16,21,24-25,38-39H2,1-2H3,(H,40,43)/t26?,27-,37?/m0/s1. The first kappa shape index (κ1) is 32.8. The lowest BCUT2D eigenvalue weighted by molar-refractivity contribution is -0.120. The maximum absolute atomic E-state index is 13.9. The molecule has 0 spiro atoms. The molecule has 0 aliphatic rings. The van der Waals surface area contributed by atoms with E-state index >= 15 is 0 Å². The Bertz CT molecular complexity index is 1960. The normalized spacial score (nSPS) is 14.3. The number of hydrogen-bond acceptors (Lipinski definition) is 6. The van der Waals surface area contributed by atoms with E-state index in [2.05, 4.69) is 5.32 Å². The van der Waals surface area contributed by atoms with E-state index in [-0.39, 0.29) is 30.1 Å². The molecule has 9 heteroatoms. The predicted molar refractivity (Wildman–Crippen MR) is 185 cm³/mol. The number of nitrogens with zero attached hydrogens (tertiary/aromatic N) is 1. The Kier molecular flexibility index (Phi) is 9.86. The molecule has 5 aromatic carbocycles. The van der Waals surface area contributed by atoms with E-state index in [1.54, 1.807) is 32.0 Å². The number of ketones is 1.